The summed E-state index contributed by atoms with van der Waals surface area (Å²) >= 11 is 0. The third-order valence-electron chi connectivity index (χ3n) is 5.47. The van der Waals surface area contributed by atoms with E-state index in [0.717, 1.165) is 40.5 Å². The van der Waals surface area contributed by atoms with E-state index in [-0.39, 0.29) is 11.6 Å². The van der Waals surface area contributed by atoms with Crippen LogP contribution in [0.4, 0.5) is 0 Å². The molecule has 0 bridgehead atoms. The summed E-state index contributed by atoms with van der Waals surface area (Å²) in [5.41, 5.74) is 4.97. The molecule has 0 aliphatic carbocycles. The van der Waals surface area contributed by atoms with E-state index in [4.69, 9.17) is 4.98 Å². The van der Waals surface area contributed by atoms with Gasteiger partial charge < -0.3 is 4.90 Å². The van der Waals surface area contributed by atoms with Gasteiger partial charge in [0.15, 0.2) is 0 Å². The van der Waals surface area contributed by atoms with E-state index >= 15 is 0 Å². The molecule has 0 fully saturated rings. The molecule has 2 heterocycles. The van der Waals surface area contributed by atoms with E-state index in [1.807, 2.05) is 54.8 Å². The third kappa shape index (κ3) is 3.26. The smallest absolute Gasteiger partial charge is 0.257 e. The zero-order chi connectivity index (χ0) is 19.7. The molecule has 3 aromatic rings. The highest BCUT2D eigenvalue weighted by Gasteiger charge is 2.26. The second-order valence-corrected chi connectivity index (χ2v) is 7.39. The van der Waals surface area contributed by atoms with E-state index in [9.17, 15) is 4.79 Å². The lowest BCUT2D eigenvalue weighted by Gasteiger charge is -2.31. The molecule has 4 rings (SSSR count). The van der Waals surface area contributed by atoms with E-state index in [1.165, 1.54) is 0 Å². The molecule has 0 spiro atoms. The van der Waals surface area contributed by atoms with Crippen molar-refractivity contribution in [3.05, 3.63) is 112 Å². The van der Waals surface area contributed by atoms with Crippen molar-refractivity contribution in [1.29, 1.82) is 0 Å². The third-order valence-corrected chi connectivity index (χ3v) is 5.47. The summed E-state index contributed by atoms with van der Waals surface area (Å²) in [6.07, 6.45) is 0.699. The summed E-state index contributed by atoms with van der Waals surface area (Å²) in [6, 6.07) is 20.2. The Morgan fingerprint density at radius 3 is 2.14 bits per heavy atom. The van der Waals surface area contributed by atoms with Crippen molar-refractivity contribution in [3.63, 3.8) is 0 Å². The number of hydrogen-bond donors (Lipinski definition) is 0. The highest BCUT2D eigenvalue weighted by Crippen LogP contribution is 2.27. The molecular weight excluding hydrogens is 346 g/mol. The van der Waals surface area contributed by atoms with E-state index in [2.05, 4.69) is 35.7 Å². The van der Waals surface area contributed by atoms with Crippen LogP contribution in [0.2, 0.25) is 0 Å². The highest BCUT2D eigenvalue weighted by atomic mass is 16.1. The number of hydrogen-bond acceptors (Lipinski definition) is 3. The first-order valence-electron chi connectivity index (χ1n) is 9.67. The van der Waals surface area contributed by atoms with Crippen LogP contribution in [0.25, 0.3) is 0 Å². The van der Waals surface area contributed by atoms with Gasteiger partial charge in [-0.15, -0.1) is 0 Å². The molecule has 0 amide bonds. The number of nitrogens with zero attached hydrogens (tertiary/aromatic N) is 3. The van der Waals surface area contributed by atoms with Crippen LogP contribution in [0.5, 0.6) is 0 Å². The Hall–Kier alpha value is -3.14. The van der Waals surface area contributed by atoms with Gasteiger partial charge in [0.05, 0.1) is 18.3 Å². The number of aryl methyl sites for hydroxylation is 1. The van der Waals surface area contributed by atoms with Crippen molar-refractivity contribution < 1.29 is 0 Å². The number of rotatable bonds is 4. The van der Waals surface area contributed by atoms with Crippen LogP contribution in [0, 0.1) is 6.92 Å². The first kappa shape index (κ1) is 18.2. The first-order valence-corrected chi connectivity index (χ1v) is 9.67. The molecule has 0 radical (unpaired) electrons. The van der Waals surface area contributed by atoms with E-state index in [0.29, 0.717) is 13.0 Å². The molecule has 0 unspecified atom stereocenters. The summed E-state index contributed by atoms with van der Waals surface area (Å²) in [6.45, 7) is 9.43. The first-order chi connectivity index (χ1) is 13.6. The van der Waals surface area contributed by atoms with Crippen LogP contribution < -0.4 is 5.56 Å². The minimum absolute atomic E-state index is 0.0709. The molecule has 2 aromatic carbocycles. The standard InChI is InChI=1S/C24H25N3O/c1-17(2)26-15-14-21-22(16-26)25-18(3)27(24(21)28)23(19-10-6-4-7-11-19)20-12-8-5-9-13-20/h4-13,23H,1,14-16H2,2-3H3. The van der Waals surface area contributed by atoms with Gasteiger partial charge in [0.2, 0.25) is 0 Å². The summed E-state index contributed by atoms with van der Waals surface area (Å²) < 4.78 is 1.86. The van der Waals surface area contributed by atoms with Crippen molar-refractivity contribution in [2.75, 3.05) is 6.54 Å². The zero-order valence-electron chi connectivity index (χ0n) is 16.4. The van der Waals surface area contributed by atoms with Crippen LogP contribution in [-0.2, 0) is 13.0 Å². The minimum atomic E-state index is -0.188. The van der Waals surface area contributed by atoms with Crippen molar-refractivity contribution >= 4 is 0 Å². The fourth-order valence-corrected chi connectivity index (χ4v) is 4.01. The van der Waals surface area contributed by atoms with Crippen molar-refractivity contribution in [3.8, 4) is 0 Å². The number of benzene rings is 2. The van der Waals surface area contributed by atoms with Gasteiger partial charge in [0, 0.05) is 17.8 Å². The fourth-order valence-electron chi connectivity index (χ4n) is 4.01. The van der Waals surface area contributed by atoms with Crippen LogP contribution in [0.15, 0.2) is 77.7 Å². The summed E-state index contributed by atoms with van der Waals surface area (Å²) in [5, 5.41) is 0. The van der Waals surface area contributed by atoms with Crippen LogP contribution >= 0.6 is 0 Å². The molecule has 1 aliphatic heterocycles. The lowest BCUT2D eigenvalue weighted by Crippen LogP contribution is -2.39. The fraction of sp³-hybridized carbons (Fsp3) is 0.250. The van der Waals surface area contributed by atoms with Gasteiger partial charge in [-0.25, -0.2) is 4.98 Å². The number of allylic oxidation sites excluding steroid dienone is 1. The highest BCUT2D eigenvalue weighted by molar-refractivity contribution is 5.35. The molecule has 1 aliphatic rings. The van der Waals surface area contributed by atoms with E-state index in [1.54, 1.807) is 0 Å². The van der Waals surface area contributed by atoms with Crippen molar-refractivity contribution in [1.82, 2.24) is 14.5 Å². The SMILES string of the molecule is C=C(C)N1CCc2c(nc(C)n(C(c3ccccc3)c3ccccc3)c2=O)C1. The molecular formula is C24H25N3O. The normalized spacial score (nSPS) is 13.5. The molecule has 0 saturated heterocycles. The Kier molecular flexibility index (Phi) is 4.86. The summed E-state index contributed by atoms with van der Waals surface area (Å²) in [5.74, 6) is 0.741. The lowest BCUT2D eigenvalue weighted by atomic mass is 9.97. The molecule has 142 valence electrons. The Morgan fingerprint density at radius 2 is 1.61 bits per heavy atom. The Labute approximate surface area is 165 Å². The molecule has 4 nitrogen and oxygen atoms in total. The maximum absolute atomic E-state index is 13.6. The molecule has 0 N–H and O–H groups in total. The predicted octanol–water partition coefficient (Wildman–Crippen LogP) is 4.08. The summed E-state index contributed by atoms with van der Waals surface area (Å²) in [4.78, 5) is 20.6. The Bertz CT molecular complexity index is 1010. The average Bonchev–Trinajstić information content (AvgIpc) is 2.72. The molecule has 4 heteroatoms. The summed E-state index contributed by atoms with van der Waals surface area (Å²) in [7, 11) is 0. The van der Waals surface area contributed by atoms with Gasteiger partial charge in [0.25, 0.3) is 5.56 Å². The zero-order valence-corrected chi connectivity index (χ0v) is 16.4. The van der Waals surface area contributed by atoms with Crippen molar-refractivity contribution in [2.24, 2.45) is 0 Å². The number of aromatic nitrogens is 2. The number of fused-ring (bicyclic) bond motifs is 1. The van der Waals surface area contributed by atoms with Gasteiger partial charge in [-0.3, -0.25) is 9.36 Å². The lowest BCUT2D eigenvalue weighted by molar-refractivity contribution is 0.314. The largest absolute Gasteiger partial charge is 0.369 e. The van der Waals surface area contributed by atoms with Crippen molar-refractivity contribution in [2.45, 2.75) is 32.9 Å². The van der Waals surface area contributed by atoms with E-state index < -0.39 is 0 Å². The second kappa shape index (κ2) is 7.47. The monoisotopic (exact) mass is 371 g/mol. The van der Waals surface area contributed by atoms with Gasteiger partial charge in [0.1, 0.15) is 5.82 Å². The van der Waals surface area contributed by atoms with Gasteiger partial charge >= 0.3 is 0 Å². The van der Waals surface area contributed by atoms with Crippen LogP contribution in [-0.4, -0.2) is 21.0 Å². The quantitative estimate of drug-likeness (QED) is 0.694. The predicted molar refractivity (Wildman–Crippen MR) is 112 cm³/mol. The minimum Gasteiger partial charge on any atom is -0.369 e. The van der Waals surface area contributed by atoms with Crippen LogP contribution in [0.1, 0.15) is 41.2 Å². The van der Waals surface area contributed by atoms with Gasteiger partial charge in [-0.2, -0.15) is 0 Å². The van der Waals surface area contributed by atoms with Gasteiger partial charge in [-0.05, 0) is 31.4 Å². The molecule has 0 saturated carbocycles. The maximum Gasteiger partial charge on any atom is 0.257 e. The Morgan fingerprint density at radius 1 is 1.04 bits per heavy atom. The average molecular weight is 371 g/mol. The molecule has 28 heavy (non-hydrogen) atoms. The molecule has 1 aromatic heterocycles. The van der Waals surface area contributed by atoms with Crippen LogP contribution in [0.3, 0.4) is 0 Å². The van der Waals surface area contributed by atoms with Gasteiger partial charge in [-0.1, -0.05) is 67.2 Å². The Balaban J connectivity index is 1.89. The second-order valence-electron chi connectivity index (χ2n) is 7.39. The maximum atomic E-state index is 13.6. The molecule has 0 atom stereocenters. The topological polar surface area (TPSA) is 38.1 Å².